The first-order chi connectivity index (χ1) is 7.97. The molecule has 0 spiro atoms. The van der Waals surface area contributed by atoms with E-state index in [9.17, 15) is 13.6 Å². The summed E-state index contributed by atoms with van der Waals surface area (Å²) in [5, 5.41) is 0. The summed E-state index contributed by atoms with van der Waals surface area (Å²) in [5.74, 6) is -1.96. The van der Waals surface area contributed by atoms with Crippen LogP contribution in [0.15, 0.2) is 18.2 Å². The van der Waals surface area contributed by atoms with Crippen molar-refractivity contribution in [1.82, 2.24) is 0 Å². The monoisotopic (exact) mass is 242 g/mol. The van der Waals surface area contributed by atoms with Crippen molar-refractivity contribution in [3.63, 3.8) is 0 Å². The molecule has 0 aliphatic heterocycles. The summed E-state index contributed by atoms with van der Waals surface area (Å²) >= 11 is 0. The van der Waals surface area contributed by atoms with E-state index in [1.54, 1.807) is 20.8 Å². The zero-order valence-electron chi connectivity index (χ0n) is 10.2. The van der Waals surface area contributed by atoms with Crippen LogP contribution in [-0.2, 0) is 4.74 Å². The molecule has 4 heteroatoms. The van der Waals surface area contributed by atoms with Crippen LogP contribution in [0.1, 0.15) is 31.1 Å². The zero-order valence-corrected chi connectivity index (χ0v) is 10.2. The largest absolute Gasteiger partial charge is 0.370 e. The molecule has 0 amide bonds. The summed E-state index contributed by atoms with van der Waals surface area (Å²) in [7, 11) is 0. The summed E-state index contributed by atoms with van der Waals surface area (Å²) < 4.78 is 31.7. The Bertz CT molecular complexity index is 402. The molecule has 1 atom stereocenters. The van der Waals surface area contributed by atoms with Crippen LogP contribution in [0.4, 0.5) is 8.78 Å². The van der Waals surface area contributed by atoms with E-state index in [-0.39, 0.29) is 11.5 Å². The molecule has 0 heterocycles. The van der Waals surface area contributed by atoms with E-state index in [1.807, 2.05) is 0 Å². The molecule has 1 aromatic carbocycles. The van der Waals surface area contributed by atoms with Gasteiger partial charge in [-0.1, -0.05) is 13.8 Å². The molecule has 2 nitrogen and oxygen atoms in total. The van der Waals surface area contributed by atoms with Gasteiger partial charge in [-0.2, -0.15) is 0 Å². The Morgan fingerprint density at radius 1 is 1.35 bits per heavy atom. The lowest BCUT2D eigenvalue weighted by Gasteiger charge is -2.19. The molecule has 17 heavy (non-hydrogen) atoms. The molecule has 0 N–H and O–H groups in total. The fraction of sp³-hybridized carbons (Fsp3) is 0.462. The quantitative estimate of drug-likeness (QED) is 0.741. The number of halogens is 2. The minimum absolute atomic E-state index is 0.0925. The van der Waals surface area contributed by atoms with Crippen LogP contribution >= 0.6 is 0 Å². The molecule has 0 saturated carbocycles. The standard InChI is InChI=1S/C13H16F2O2/c1-4-17-13(8(2)3)12(16)10-7-9(14)5-6-11(10)15/h5-8,13H,4H2,1-3H3. The SMILES string of the molecule is CCOC(C(=O)c1cc(F)ccc1F)C(C)C. The van der Waals surface area contributed by atoms with Crippen LogP contribution < -0.4 is 0 Å². The maximum absolute atomic E-state index is 13.4. The third-order valence-electron chi connectivity index (χ3n) is 2.40. The molecule has 0 bridgehead atoms. The number of rotatable bonds is 5. The average Bonchev–Trinajstić information content (AvgIpc) is 2.28. The molecule has 94 valence electrons. The van der Waals surface area contributed by atoms with Crippen molar-refractivity contribution in [2.45, 2.75) is 26.9 Å². The predicted molar refractivity (Wildman–Crippen MR) is 60.9 cm³/mol. The summed E-state index contributed by atoms with van der Waals surface area (Å²) in [4.78, 5) is 12.0. The molecule has 1 rings (SSSR count). The van der Waals surface area contributed by atoms with Crippen molar-refractivity contribution in [2.24, 2.45) is 5.92 Å². The summed E-state index contributed by atoms with van der Waals surface area (Å²) in [6.45, 7) is 5.71. The highest BCUT2D eigenvalue weighted by Gasteiger charge is 2.26. The number of ether oxygens (including phenoxy) is 1. The van der Waals surface area contributed by atoms with Gasteiger partial charge < -0.3 is 4.74 Å². The van der Waals surface area contributed by atoms with Crippen LogP contribution in [0, 0.1) is 17.6 Å². The summed E-state index contributed by atoms with van der Waals surface area (Å²) in [6.07, 6.45) is -0.740. The highest BCUT2D eigenvalue weighted by atomic mass is 19.1. The number of carbonyl (C=O) groups excluding carboxylic acids is 1. The Morgan fingerprint density at radius 3 is 2.53 bits per heavy atom. The van der Waals surface area contributed by atoms with Gasteiger partial charge in [-0.15, -0.1) is 0 Å². The van der Waals surface area contributed by atoms with Crippen LogP contribution in [0.3, 0.4) is 0 Å². The second kappa shape index (κ2) is 5.87. The minimum Gasteiger partial charge on any atom is -0.370 e. The van der Waals surface area contributed by atoms with E-state index < -0.39 is 23.5 Å². The van der Waals surface area contributed by atoms with E-state index in [0.29, 0.717) is 6.61 Å². The van der Waals surface area contributed by atoms with Crippen LogP contribution in [0.2, 0.25) is 0 Å². The molecule has 1 unspecified atom stereocenters. The van der Waals surface area contributed by atoms with Gasteiger partial charge in [0.15, 0.2) is 5.78 Å². The molecule has 1 aromatic rings. The Morgan fingerprint density at radius 2 is 2.00 bits per heavy atom. The number of carbonyl (C=O) groups is 1. The van der Waals surface area contributed by atoms with Gasteiger partial charge in [-0.05, 0) is 31.0 Å². The molecule has 0 aliphatic carbocycles. The van der Waals surface area contributed by atoms with Gasteiger partial charge in [0.1, 0.15) is 17.7 Å². The van der Waals surface area contributed by atoms with Gasteiger partial charge in [0, 0.05) is 6.61 Å². The lowest BCUT2D eigenvalue weighted by molar-refractivity contribution is 0.0276. The van der Waals surface area contributed by atoms with Gasteiger partial charge in [0.2, 0.25) is 0 Å². The van der Waals surface area contributed by atoms with E-state index in [2.05, 4.69) is 0 Å². The van der Waals surface area contributed by atoms with Crippen LogP contribution in [0.5, 0.6) is 0 Å². The van der Waals surface area contributed by atoms with Gasteiger partial charge in [0.25, 0.3) is 0 Å². The fourth-order valence-electron chi connectivity index (χ4n) is 1.59. The van der Waals surface area contributed by atoms with Crippen molar-refractivity contribution in [1.29, 1.82) is 0 Å². The molecule has 0 saturated heterocycles. The van der Waals surface area contributed by atoms with E-state index in [4.69, 9.17) is 4.74 Å². The van der Waals surface area contributed by atoms with E-state index >= 15 is 0 Å². The van der Waals surface area contributed by atoms with E-state index in [1.165, 1.54) is 0 Å². The lowest BCUT2D eigenvalue weighted by atomic mass is 9.97. The number of ketones is 1. The Kier molecular flexibility index (Phi) is 4.75. The number of hydrogen-bond donors (Lipinski definition) is 0. The molecular weight excluding hydrogens is 226 g/mol. The van der Waals surface area contributed by atoms with Crippen molar-refractivity contribution in [2.75, 3.05) is 6.61 Å². The maximum Gasteiger partial charge on any atom is 0.194 e. The third kappa shape index (κ3) is 3.33. The Balaban J connectivity index is 3.04. The molecular formula is C13H16F2O2. The highest BCUT2D eigenvalue weighted by molar-refractivity contribution is 5.99. The molecule has 0 radical (unpaired) electrons. The number of benzene rings is 1. The lowest BCUT2D eigenvalue weighted by Crippen LogP contribution is -2.30. The first kappa shape index (κ1) is 13.8. The van der Waals surface area contributed by atoms with Gasteiger partial charge in [-0.25, -0.2) is 8.78 Å². The first-order valence-electron chi connectivity index (χ1n) is 5.58. The topological polar surface area (TPSA) is 26.3 Å². The maximum atomic E-state index is 13.4. The second-order valence-corrected chi connectivity index (χ2v) is 4.11. The summed E-state index contributed by atoms with van der Waals surface area (Å²) in [6, 6.07) is 2.84. The minimum atomic E-state index is -0.740. The molecule has 0 fully saturated rings. The highest BCUT2D eigenvalue weighted by Crippen LogP contribution is 2.17. The van der Waals surface area contributed by atoms with Crippen molar-refractivity contribution in [3.8, 4) is 0 Å². The second-order valence-electron chi connectivity index (χ2n) is 4.11. The molecule has 0 aromatic heterocycles. The van der Waals surface area contributed by atoms with Crippen LogP contribution in [0.25, 0.3) is 0 Å². The third-order valence-corrected chi connectivity index (χ3v) is 2.40. The van der Waals surface area contributed by atoms with Crippen molar-refractivity contribution < 1.29 is 18.3 Å². The number of Topliss-reactive ketones (excluding diaryl/α,β-unsaturated/α-hetero) is 1. The van der Waals surface area contributed by atoms with Gasteiger partial charge in [0.05, 0.1) is 5.56 Å². The average molecular weight is 242 g/mol. The first-order valence-corrected chi connectivity index (χ1v) is 5.58. The normalized spacial score (nSPS) is 12.8. The summed E-state index contributed by atoms with van der Waals surface area (Å²) in [5.41, 5.74) is -0.253. The number of hydrogen-bond acceptors (Lipinski definition) is 2. The Hall–Kier alpha value is -1.29. The van der Waals surface area contributed by atoms with Gasteiger partial charge >= 0.3 is 0 Å². The fourth-order valence-corrected chi connectivity index (χ4v) is 1.59. The Labute approximate surface area is 99.6 Å². The van der Waals surface area contributed by atoms with Crippen LogP contribution in [-0.4, -0.2) is 18.5 Å². The van der Waals surface area contributed by atoms with E-state index in [0.717, 1.165) is 18.2 Å². The smallest absolute Gasteiger partial charge is 0.194 e. The zero-order chi connectivity index (χ0) is 13.0. The van der Waals surface area contributed by atoms with Crippen molar-refractivity contribution in [3.05, 3.63) is 35.4 Å². The van der Waals surface area contributed by atoms with Crippen molar-refractivity contribution >= 4 is 5.78 Å². The predicted octanol–water partition coefficient (Wildman–Crippen LogP) is 3.21. The van der Waals surface area contributed by atoms with Gasteiger partial charge in [-0.3, -0.25) is 4.79 Å². The molecule has 0 aliphatic rings.